The van der Waals surface area contributed by atoms with Gasteiger partial charge in [0.2, 0.25) is 0 Å². The quantitative estimate of drug-likeness (QED) is 0.587. The first-order chi connectivity index (χ1) is 15.1. The largest absolute Gasteiger partial charge is 0.490 e. The zero-order chi connectivity index (χ0) is 21.4. The summed E-state index contributed by atoms with van der Waals surface area (Å²) >= 11 is 6.28. The molecule has 7 heteroatoms. The Hall–Kier alpha value is -2.70. The maximum Gasteiger partial charge on any atom is 0.151 e. The Morgan fingerprint density at radius 2 is 1.81 bits per heavy atom. The molecular formula is C24H26ClN5O. The van der Waals surface area contributed by atoms with Crippen molar-refractivity contribution in [2.45, 2.75) is 50.8 Å². The lowest BCUT2D eigenvalue weighted by molar-refractivity contribution is 0.144. The SMILES string of the molecule is CN1Cc2cc(Cl)ccc2-n2c(nnc2C2CCC(Oc3ccc(C=N)cc3)CC2)C1. The Bertz CT molecular complexity index is 1090. The molecule has 0 unspecified atom stereocenters. The smallest absolute Gasteiger partial charge is 0.151 e. The maximum atomic E-state index is 7.32. The Labute approximate surface area is 187 Å². The van der Waals surface area contributed by atoms with Crippen LogP contribution in [0.15, 0.2) is 42.5 Å². The molecule has 1 N–H and O–H groups in total. The van der Waals surface area contributed by atoms with Crippen LogP contribution in [0.25, 0.3) is 5.69 Å². The second-order valence-corrected chi connectivity index (χ2v) is 9.00. The fourth-order valence-electron chi connectivity index (χ4n) is 4.72. The van der Waals surface area contributed by atoms with Gasteiger partial charge in [-0.05, 0) is 86.3 Å². The third kappa shape index (κ3) is 4.10. The monoisotopic (exact) mass is 435 g/mol. The molecule has 0 atom stereocenters. The molecule has 1 fully saturated rings. The normalized spacial score (nSPS) is 21.1. The number of benzene rings is 2. The summed E-state index contributed by atoms with van der Waals surface area (Å²) in [6.07, 6.45) is 5.60. The van der Waals surface area contributed by atoms with E-state index < -0.39 is 0 Å². The van der Waals surface area contributed by atoms with E-state index in [0.29, 0.717) is 5.92 Å². The summed E-state index contributed by atoms with van der Waals surface area (Å²) in [6.45, 7) is 1.61. The Balaban J connectivity index is 1.34. The van der Waals surface area contributed by atoms with E-state index >= 15 is 0 Å². The minimum atomic E-state index is 0.214. The average molecular weight is 436 g/mol. The predicted octanol–water partition coefficient (Wildman–Crippen LogP) is 4.97. The first-order valence-corrected chi connectivity index (χ1v) is 11.2. The summed E-state index contributed by atoms with van der Waals surface area (Å²) in [4.78, 5) is 2.25. The van der Waals surface area contributed by atoms with Gasteiger partial charge < -0.3 is 10.1 Å². The highest BCUT2D eigenvalue weighted by Gasteiger charge is 2.30. The number of nitrogens with one attached hydrogen (secondary N) is 1. The molecule has 0 radical (unpaired) electrons. The van der Waals surface area contributed by atoms with Gasteiger partial charge in [0.05, 0.1) is 18.3 Å². The number of aromatic nitrogens is 3. The zero-order valence-electron chi connectivity index (χ0n) is 17.6. The minimum absolute atomic E-state index is 0.214. The van der Waals surface area contributed by atoms with Crippen LogP contribution in [0.1, 0.15) is 54.4 Å². The molecule has 0 spiro atoms. The summed E-state index contributed by atoms with van der Waals surface area (Å²) < 4.78 is 8.46. The lowest BCUT2D eigenvalue weighted by Gasteiger charge is -2.29. The molecule has 160 valence electrons. The molecule has 1 aliphatic carbocycles. The van der Waals surface area contributed by atoms with Gasteiger partial charge in [-0.2, -0.15) is 0 Å². The molecule has 2 aliphatic rings. The molecule has 1 aromatic heterocycles. The number of nitrogens with zero attached hydrogens (tertiary/aromatic N) is 4. The molecule has 5 rings (SSSR count). The van der Waals surface area contributed by atoms with Crippen molar-refractivity contribution in [2.75, 3.05) is 7.05 Å². The Morgan fingerprint density at radius 3 is 2.55 bits per heavy atom. The zero-order valence-corrected chi connectivity index (χ0v) is 18.3. The molecule has 6 nitrogen and oxygen atoms in total. The number of hydrogen-bond acceptors (Lipinski definition) is 5. The van der Waals surface area contributed by atoms with Gasteiger partial charge in [0.1, 0.15) is 11.6 Å². The molecule has 1 aliphatic heterocycles. The predicted molar refractivity (Wildman–Crippen MR) is 121 cm³/mol. The van der Waals surface area contributed by atoms with Crippen LogP contribution < -0.4 is 4.74 Å². The van der Waals surface area contributed by atoms with Crippen LogP contribution in [0.2, 0.25) is 5.02 Å². The third-order valence-corrected chi connectivity index (χ3v) is 6.51. The number of hydrogen-bond donors (Lipinski definition) is 1. The van der Waals surface area contributed by atoms with E-state index in [1.54, 1.807) is 0 Å². The molecule has 3 aromatic rings. The molecule has 0 saturated heterocycles. The van der Waals surface area contributed by atoms with Gasteiger partial charge in [-0.15, -0.1) is 10.2 Å². The Morgan fingerprint density at radius 1 is 1.03 bits per heavy atom. The van der Waals surface area contributed by atoms with Crippen molar-refractivity contribution < 1.29 is 4.74 Å². The summed E-state index contributed by atoms with van der Waals surface area (Å²) in [5.41, 5.74) is 3.24. The van der Waals surface area contributed by atoms with Gasteiger partial charge in [-0.1, -0.05) is 11.6 Å². The van der Waals surface area contributed by atoms with E-state index in [-0.39, 0.29) is 6.10 Å². The van der Waals surface area contributed by atoms with Crippen molar-refractivity contribution in [3.8, 4) is 11.4 Å². The van der Waals surface area contributed by atoms with Crippen LogP contribution in [0.3, 0.4) is 0 Å². The fraction of sp³-hybridized carbons (Fsp3) is 0.375. The van der Waals surface area contributed by atoms with Crippen molar-refractivity contribution in [2.24, 2.45) is 0 Å². The van der Waals surface area contributed by atoms with Crippen molar-refractivity contribution in [3.63, 3.8) is 0 Å². The number of rotatable bonds is 4. The Kier molecular flexibility index (Phi) is 5.50. The lowest BCUT2D eigenvalue weighted by Crippen LogP contribution is -2.25. The average Bonchev–Trinajstić information content (AvgIpc) is 3.12. The summed E-state index contributed by atoms with van der Waals surface area (Å²) in [7, 11) is 2.10. The highest BCUT2D eigenvalue weighted by Crippen LogP contribution is 2.37. The highest BCUT2D eigenvalue weighted by molar-refractivity contribution is 6.30. The van der Waals surface area contributed by atoms with Gasteiger partial charge in [0.25, 0.3) is 0 Å². The molecule has 2 aromatic carbocycles. The first kappa shape index (κ1) is 20.2. The fourth-order valence-corrected chi connectivity index (χ4v) is 4.92. The minimum Gasteiger partial charge on any atom is -0.490 e. The lowest BCUT2D eigenvalue weighted by atomic mass is 9.86. The molecule has 31 heavy (non-hydrogen) atoms. The molecule has 1 saturated carbocycles. The second kappa shape index (κ2) is 8.44. The maximum absolute atomic E-state index is 7.32. The van der Waals surface area contributed by atoms with Gasteiger partial charge in [0.15, 0.2) is 5.82 Å². The van der Waals surface area contributed by atoms with Crippen molar-refractivity contribution in [1.82, 2.24) is 19.7 Å². The van der Waals surface area contributed by atoms with Gasteiger partial charge in [-0.3, -0.25) is 9.47 Å². The molecule has 0 bridgehead atoms. The number of fused-ring (bicyclic) bond motifs is 3. The van der Waals surface area contributed by atoms with Crippen LogP contribution in [0.5, 0.6) is 5.75 Å². The highest BCUT2D eigenvalue weighted by atomic mass is 35.5. The number of halogens is 1. The van der Waals surface area contributed by atoms with E-state index in [0.717, 1.165) is 72.4 Å². The second-order valence-electron chi connectivity index (χ2n) is 8.56. The van der Waals surface area contributed by atoms with E-state index in [1.807, 2.05) is 30.3 Å². The van der Waals surface area contributed by atoms with E-state index in [9.17, 15) is 0 Å². The van der Waals surface area contributed by atoms with Crippen LogP contribution in [0, 0.1) is 5.41 Å². The van der Waals surface area contributed by atoms with Crippen molar-refractivity contribution in [3.05, 3.63) is 70.3 Å². The number of ether oxygens (including phenoxy) is 1. The standard InChI is InChI=1S/C24H26ClN5O/c1-29-14-18-12-19(25)6-11-22(18)30-23(15-29)27-28-24(30)17-4-9-21(10-5-17)31-20-7-2-16(13-26)3-8-20/h2-3,6-8,11-13,17,21,26H,4-5,9-10,14-15H2,1H3. The molecule has 2 heterocycles. The third-order valence-electron chi connectivity index (χ3n) is 6.28. The summed E-state index contributed by atoms with van der Waals surface area (Å²) in [5.74, 6) is 3.29. The van der Waals surface area contributed by atoms with Crippen LogP contribution in [-0.4, -0.2) is 39.0 Å². The van der Waals surface area contributed by atoms with Gasteiger partial charge in [0, 0.05) is 23.7 Å². The van der Waals surface area contributed by atoms with Crippen LogP contribution >= 0.6 is 11.6 Å². The van der Waals surface area contributed by atoms with Crippen LogP contribution in [0.4, 0.5) is 0 Å². The van der Waals surface area contributed by atoms with E-state index in [2.05, 4.69) is 38.8 Å². The van der Waals surface area contributed by atoms with Crippen molar-refractivity contribution >= 4 is 17.8 Å². The van der Waals surface area contributed by atoms with Gasteiger partial charge >= 0.3 is 0 Å². The molecular weight excluding hydrogens is 410 g/mol. The molecule has 0 amide bonds. The van der Waals surface area contributed by atoms with Gasteiger partial charge in [-0.25, -0.2) is 0 Å². The topological polar surface area (TPSA) is 67.0 Å². The first-order valence-electron chi connectivity index (χ1n) is 10.8. The van der Waals surface area contributed by atoms with Crippen molar-refractivity contribution in [1.29, 1.82) is 5.41 Å². The van der Waals surface area contributed by atoms with E-state index in [4.69, 9.17) is 21.7 Å². The summed E-state index contributed by atoms with van der Waals surface area (Å²) in [5, 5.41) is 17.3. The summed E-state index contributed by atoms with van der Waals surface area (Å²) in [6, 6.07) is 13.8. The van der Waals surface area contributed by atoms with Crippen LogP contribution in [-0.2, 0) is 13.1 Å². The van der Waals surface area contributed by atoms with E-state index in [1.165, 1.54) is 11.8 Å².